The fourth-order valence-corrected chi connectivity index (χ4v) is 2.96. The molecular formula is C20H22N2O4. The topological polar surface area (TPSA) is 78.9 Å². The average Bonchev–Trinajstić information content (AvgIpc) is 3.01. The highest BCUT2D eigenvalue weighted by molar-refractivity contribution is 5.97. The number of carbonyl (C=O) groups excluding carboxylic acids is 2. The molecule has 0 aliphatic carbocycles. The predicted molar refractivity (Wildman–Crippen MR) is 98.1 cm³/mol. The molecule has 2 N–H and O–H groups in total. The molecule has 2 aromatic rings. The third kappa shape index (κ3) is 4.03. The number of amides is 2. The maximum absolute atomic E-state index is 12.7. The van der Waals surface area contributed by atoms with Crippen molar-refractivity contribution in [1.29, 1.82) is 0 Å². The van der Waals surface area contributed by atoms with E-state index in [1.54, 1.807) is 24.3 Å². The Bertz CT molecular complexity index is 807. The van der Waals surface area contributed by atoms with Crippen LogP contribution in [0.5, 0.6) is 5.75 Å². The summed E-state index contributed by atoms with van der Waals surface area (Å²) < 4.78 is 5.31. The zero-order chi connectivity index (χ0) is 18.7. The molecule has 0 unspecified atom stereocenters. The molecule has 1 aliphatic rings. The molecule has 1 saturated heterocycles. The highest BCUT2D eigenvalue weighted by Crippen LogP contribution is 2.23. The first-order valence-electron chi connectivity index (χ1n) is 8.53. The third-order valence-electron chi connectivity index (χ3n) is 4.54. The molecule has 0 bridgehead atoms. The summed E-state index contributed by atoms with van der Waals surface area (Å²) in [5.41, 5.74) is 2.86. The summed E-state index contributed by atoms with van der Waals surface area (Å²) in [6.45, 7) is 4.03. The van der Waals surface area contributed by atoms with Gasteiger partial charge in [-0.15, -0.1) is 0 Å². The van der Waals surface area contributed by atoms with Crippen molar-refractivity contribution in [1.82, 2.24) is 4.90 Å². The third-order valence-corrected chi connectivity index (χ3v) is 4.54. The van der Waals surface area contributed by atoms with Gasteiger partial charge in [-0.3, -0.25) is 9.69 Å². The summed E-state index contributed by atoms with van der Waals surface area (Å²) in [7, 11) is 0. The Balaban J connectivity index is 1.71. The normalized spacial score (nSPS) is 19.3. The van der Waals surface area contributed by atoms with Crippen LogP contribution in [0.4, 0.5) is 10.5 Å². The molecule has 3 rings (SSSR count). The minimum absolute atomic E-state index is 0.0661. The van der Waals surface area contributed by atoms with Crippen molar-refractivity contribution in [2.45, 2.75) is 32.4 Å². The smallest absolute Gasteiger partial charge is 0.410 e. The van der Waals surface area contributed by atoms with Crippen molar-refractivity contribution in [3.8, 4) is 5.75 Å². The molecule has 6 nitrogen and oxygen atoms in total. The highest BCUT2D eigenvalue weighted by Gasteiger charge is 2.40. The number of rotatable bonds is 3. The van der Waals surface area contributed by atoms with Crippen LogP contribution in [0.1, 0.15) is 17.5 Å². The van der Waals surface area contributed by atoms with Gasteiger partial charge in [-0.25, -0.2) is 4.79 Å². The maximum atomic E-state index is 12.7. The summed E-state index contributed by atoms with van der Waals surface area (Å²) in [5, 5.41) is 12.8. The minimum Gasteiger partial charge on any atom is -0.410 e. The minimum atomic E-state index is -0.775. The van der Waals surface area contributed by atoms with Crippen LogP contribution < -0.4 is 10.1 Å². The number of aliphatic hydroxyl groups is 1. The molecule has 6 heteroatoms. The Hall–Kier alpha value is -2.86. The van der Waals surface area contributed by atoms with E-state index in [2.05, 4.69) is 5.32 Å². The fraction of sp³-hybridized carbons (Fsp3) is 0.300. The van der Waals surface area contributed by atoms with E-state index in [1.807, 2.05) is 38.1 Å². The van der Waals surface area contributed by atoms with Crippen LogP contribution in [0.3, 0.4) is 0 Å². The van der Waals surface area contributed by atoms with Gasteiger partial charge >= 0.3 is 6.09 Å². The Morgan fingerprint density at radius 3 is 2.54 bits per heavy atom. The van der Waals surface area contributed by atoms with Gasteiger partial charge in [0.1, 0.15) is 11.8 Å². The van der Waals surface area contributed by atoms with Gasteiger partial charge in [-0.1, -0.05) is 24.3 Å². The number of anilines is 1. The molecule has 2 atom stereocenters. The standard InChI is InChI=1S/C20H22N2O4/c1-13-8-9-15(10-14(13)2)21-19(24)18-11-16(23)12-22(18)20(25)26-17-6-4-3-5-7-17/h3-10,16,18,23H,11-12H2,1-2H3,(H,21,24)/t16-,18+/m0/s1. The van der Waals surface area contributed by atoms with Crippen molar-refractivity contribution in [3.63, 3.8) is 0 Å². The molecule has 2 aromatic carbocycles. The summed E-state index contributed by atoms with van der Waals surface area (Å²) in [6.07, 6.45) is -1.22. The molecule has 26 heavy (non-hydrogen) atoms. The Morgan fingerprint density at radius 1 is 1.12 bits per heavy atom. The molecule has 2 amide bonds. The Labute approximate surface area is 152 Å². The number of aliphatic hydroxyl groups excluding tert-OH is 1. The van der Waals surface area contributed by atoms with Crippen molar-refractivity contribution < 1.29 is 19.4 Å². The largest absolute Gasteiger partial charge is 0.416 e. The van der Waals surface area contributed by atoms with Gasteiger partial charge < -0.3 is 15.2 Å². The molecular weight excluding hydrogens is 332 g/mol. The van der Waals surface area contributed by atoms with Crippen LogP contribution in [-0.4, -0.2) is 40.7 Å². The molecule has 0 saturated carbocycles. The van der Waals surface area contributed by atoms with Crippen LogP contribution in [-0.2, 0) is 4.79 Å². The van der Waals surface area contributed by atoms with Crippen molar-refractivity contribution in [2.24, 2.45) is 0 Å². The second kappa shape index (κ2) is 7.58. The lowest BCUT2D eigenvalue weighted by Gasteiger charge is -2.23. The van der Waals surface area contributed by atoms with E-state index in [1.165, 1.54) is 4.90 Å². The van der Waals surface area contributed by atoms with E-state index >= 15 is 0 Å². The summed E-state index contributed by atoms with van der Waals surface area (Å²) in [4.78, 5) is 26.4. The lowest BCUT2D eigenvalue weighted by Crippen LogP contribution is -2.44. The monoisotopic (exact) mass is 354 g/mol. The van der Waals surface area contributed by atoms with Crippen LogP contribution >= 0.6 is 0 Å². The summed E-state index contributed by atoms with van der Waals surface area (Å²) >= 11 is 0. The number of β-amino-alcohol motifs (C(OH)–C–C–N with tert-alkyl or cyclic N) is 1. The number of nitrogens with one attached hydrogen (secondary N) is 1. The van der Waals surface area contributed by atoms with Crippen LogP contribution in [0, 0.1) is 13.8 Å². The van der Waals surface area contributed by atoms with Crippen LogP contribution in [0.2, 0.25) is 0 Å². The number of benzene rings is 2. The van der Waals surface area contributed by atoms with Crippen molar-refractivity contribution in [3.05, 3.63) is 59.7 Å². The van der Waals surface area contributed by atoms with E-state index in [-0.39, 0.29) is 18.9 Å². The second-order valence-electron chi connectivity index (χ2n) is 6.53. The number of para-hydroxylation sites is 1. The van der Waals surface area contributed by atoms with Gasteiger partial charge in [-0.05, 0) is 49.2 Å². The lowest BCUT2D eigenvalue weighted by molar-refractivity contribution is -0.119. The predicted octanol–water partition coefficient (Wildman–Crippen LogP) is 2.88. The summed E-state index contributed by atoms with van der Waals surface area (Å²) in [5.74, 6) is 0.0574. The number of aryl methyl sites for hydroxylation is 2. The van der Waals surface area contributed by atoms with Crippen molar-refractivity contribution in [2.75, 3.05) is 11.9 Å². The SMILES string of the molecule is Cc1ccc(NC(=O)[C@H]2C[C@H](O)CN2C(=O)Oc2ccccc2)cc1C. The van der Waals surface area contributed by atoms with Gasteiger partial charge in [0.15, 0.2) is 0 Å². The molecule has 0 spiro atoms. The molecule has 1 heterocycles. The first-order chi connectivity index (χ1) is 12.4. The van der Waals surface area contributed by atoms with Crippen LogP contribution in [0.25, 0.3) is 0 Å². The number of nitrogens with zero attached hydrogens (tertiary/aromatic N) is 1. The van der Waals surface area contributed by atoms with Gasteiger partial charge in [0.05, 0.1) is 12.6 Å². The van der Waals surface area contributed by atoms with Gasteiger partial charge in [-0.2, -0.15) is 0 Å². The van der Waals surface area contributed by atoms with Crippen LogP contribution in [0.15, 0.2) is 48.5 Å². The molecule has 136 valence electrons. The lowest BCUT2D eigenvalue weighted by atomic mass is 10.1. The summed E-state index contributed by atoms with van der Waals surface area (Å²) in [6, 6.07) is 13.5. The first-order valence-corrected chi connectivity index (χ1v) is 8.53. The fourth-order valence-electron chi connectivity index (χ4n) is 2.96. The Kier molecular flexibility index (Phi) is 5.23. The van der Waals surface area contributed by atoms with E-state index in [0.29, 0.717) is 11.4 Å². The van der Waals surface area contributed by atoms with E-state index < -0.39 is 18.2 Å². The second-order valence-corrected chi connectivity index (χ2v) is 6.53. The van der Waals surface area contributed by atoms with E-state index in [4.69, 9.17) is 4.74 Å². The van der Waals surface area contributed by atoms with E-state index in [9.17, 15) is 14.7 Å². The van der Waals surface area contributed by atoms with Gasteiger partial charge in [0.25, 0.3) is 0 Å². The molecule has 1 aliphatic heterocycles. The maximum Gasteiger partial charge on any atom is 0.416 e. The number of ether oxygens (including phenoxy) is 1. The molecule has 0 aromatic heterocycles. The first kappa shape index (κ1) is 17.9. The average molecular weight is 354 g/mol. The van der Waals surface area contributed by atoms with E-state index in [0.717, 1.165) is 11.1 Å². The molecule has 1 fully saturated rings. The molecule has 0 radical (unpaired) electrons. The zero-order valence-electron chi connectivity index (χ0n) is 14.8. The zero-order valence-corrected chi connectivity index (χ0v) is 14.8. The quantitative estimate of drug-likeness (QED) is 0.888. The number of hydrogen-bond donors (Lipinski definition) is 2. The van der Waals surface area contributed by atoms with Crippen molar-refractivity contribution >= 4 is 17.7 Å². The van der Waals surface area contributed by atoms with Gasteiger partial charge in [0.2, 0.25) is 5.91 Å². The Morgan fingerprint density at radius 2 is 1.85 bits per heavy atom. The number of hydrogen-bond acceptors (Lipinski definition) is 4. The van der Waals surface area contributed by atoms with Gasteiger partial charge in [0, 0.05) is 12.1 Å². The number of carbonyl (C=O) groups is 2. The number of likely N-dealkylation sites (tertiary alicyclic amines) is 1. The highest BCUT2D eigenvalue weighted by atomic mass is 16.6.